The van der Waals surface area contributed by atoms with E-state index < -0.39 is 0 Å². The van der Waals surface area contributed by atoms with Crippen LogP contribution in [0.25, 0.3) is 0 Å². The predicted molar refractivity (Wildman–Crippen MR) is 90.0 cm³/mol. The third-order valence-electron chi connectivity index (χ3n) is 5.10. The summed E-state index contributed by atoms with van der Waals surface area (Å²) in [5.41, 5.74) is 1.23. The molecule has 1 aliphatic carbocycles. The first kappa shape index (κ1) is 15.4. The molecular formula is C17H29N5. The van der Waals surface area contributed by atoms with Gasteiger partial charge in [-0.05, 0) is 43.6 Å². The van der Waals surface area contributed by atoms with E-state index in [2.05, 4.69) is 33.4 Å². The molecule has 5 nitrogen and oxygen atoms in total. The highest BCUT2D eigenvalue weighted by atomic mass is 15.3. The largest absolute Gasteiger partial charge is 0.356 e. The van der Waals surface area contributed by atoms with Gasteiger partial charge in [-0.25, -0.2) is 0 Å². The molecule has 22 heavy (non-hydrogen) atoms. The molecule has 1 saturated heterocycles. The third-order valence-corrected chi connectivity index (χ3v) is 5.10. The van der Waals surface area contributed by atoms with E-state index in [1.54, 1.807) is 0 Å². The van der Waals surface area contributed by atoms with Crippen LogP contribution >= 0.6 is 0 Å². The van der Waals surface area contributed by atoms with Gasteiger partial charge in [0, 0.05) is 39.4 Å². The standard InChI is InChI=1S/C17H29N5/c1-14-10-20-22(11-14)9-5-8-19-17(18-2)21-12-15-6-3-4-7-16(15)13-21/h10-11,15-16H,3-9,12-13H2,1-2H3,(H,18,19). The summed E-state index contributed by atoms with van der Waals surface area (Å²) in [7, 11) is 1.90. The zero-order valence-electron chi connectivity index (χ0n) is 14.0. The minimum atomic E-state index is 0.902. The van der Waals surface area contributed by atoms with Crippen molar-refractivity contribution in [3.05, 3.63) is 18.0 Å². The van der Waals surface area contributed by atoms with E-state index in [0.29, 0.717) is 0 Å². The van der Waals surface area contributed by atoms with Gasteiger partial charge in [0.05, 0.1) is 6.20 Å². The van der Waals surface area contributed by atoms with E-state index in [4.69, 9.17) is 0 Å². The third kappa shape index (κ3) is 3.62. The zero-order valence-corrected chi connectivity index (χ0v) is 14.0. The SMILES string of the molecule is CN=C(NCCCn1cc(C)cn1)N1CC2CCCCC2C1. The van der Waals surface area contributed by atoms with Gasteiger partial charge in [0.2, 0.25) is 0 Å². The van der Waals surface area contributed by atoms with Gasteiger partial charge in [-0.3, -0.25) is 9.67 Å². The molecule has 1 aromatic rings. The van der Waals surface area contributed by atoms with Crippen molar-refractivity contribution in [2.45, 2.75) is 45.6 Å². The number of hydrogen-bond donors (Lipinski definition) is 1. The number of nitrogens with one attached hydrogen (secondary N) is 1. The van der Waals surface area contributed by atoms with Gasteiger partial charge >= 0.3 is 0 Å². The van der Waals surface area contributed by atoms with Crippen LogP contribution in [0.15, 0.2) is 17.4 Å². The van der Waals surface area contributed by atoms with Crippen LogP contribution in [0.5, 0.6) is 0 Å². The number of aromatic nitrogens is 2. The molecule has 122 valence electrons. The topological polar surface area (TPSA) is 45.5 Å². The molecule has 2 fully saturated rings. The molecule has 1 aliphatic heterocycles. The number of guanidine groups is 1. The van der Waals surface area contributed by atoms with Gasteiger partial charge in [-0.2, -0.15) is 5.10 Å². The summed E-state index contributed by atoms with van der Waals surface area (Å²) in [5.74, 6) is 2.89. The number of hydrogen-bond acceptors (Lipinski definition) is 2. The van der Waals surface area contributed by atoms with Crippen molar-refractivity contribution < 1.29 is 0 Å². The Bertz CT molecular complexity index is 493. The van der Waals surface area contributed by atoms with E-state index in [0.717, 1.165) is 37.3 Å². The van der Waals surface area contributed by atoms with Crippen LogP contribution < -0.4 is 5.32 Å². The first-order valence-corrected chi connectivity index (χ1v) is 8.71. The summed E-state index contributed by atoms with van der Waals surface area (Å²) >= 11 is 0. The summed E-state index contributed by atoms with van der Waals surface area (Å²) in [6.07, 6.45) is 10.8. The van der Waals surface area contributed by atoms with Gasteiger partial charge in [0.1, 0.15) is 0 Å². The van der Waals surface area contributed by atoms with Crippen molar-refractivity contribution in [1.29, 1.82) is 0 Å². The summed E-state index contributed by atoms with van der Waals surface area (Å²) < 4.78 is 2.02. The second-order valence-corrected chi connectivity index (χ2v) is 6.82. The number of nitrogens with zero attached hydrogens (tertiary/aromatic N) is 4. The fraction of sp³-hybridized carbons (Fsp3) is 0.765. The van der Waals surface area contributed by atoms with E-state index in [1.165, 1.54) is 44.3 Å². The Labute approximate surface area is 133 Å². The first-order chi connectivity index (χ1) is 10.8. The summed E-state index contributed by atoms with van der Waals surface area (Å²) in [6.45, 7) is 6.39. The molecule has 0 radical (unpaired) electrons. The lowest BCUT2D eigenvalue weighted by Crippen LogP contribution is -2.40. The Hall–Kier alpha value is -1.52. The van der Waals surface area contributed by atoms with Gasteiger partial charge in [0.25, 0.3) is 0 Å². The van der Waals surface area contributed by atoms with Crippen molar-refractivity contribution >= 4 is 5.96 Å². The lowest BCUT2D eigenvalue weighted by Gasteiger charge is -2.22. The Morgan fingerprint density at radius 1 is 1.32 bits per heavy atom. The molecule has 1 N–H and O–H groups in total. The molecule has 3 rings (SSSR count). The molecule has 0 amide bonds. The summed E-state index contributed by atoms with van der Waals surface area (Å²) in [6, 6.07) is 0. The van der Waals surface area contributed by atoms with Gasteiger partial charge in [0.15, 0.2) is 5.96 Å². The molecule has 2 aliphatic rings. The Morgan fingerprint density at radius 3 is 2.64 bits per heavy atom. The zero-order chi connectivity index (χ0) is 15.4. The smallest absolute Gasteiger partial charge is 0.193 e. The average Bonchev–Trinajstić information content (AvgIpc) is 3.13. The number of aliphatic imine (C=N–C) groups is 1. The normalized spacial score (nSPS) is 25.4. The molecule has 0 bridgehead atoms. The van der Waals surface area contributed by atoms with Crippen molar-refractivity contribution in [1.82, 2.24) is 20.0 Å². The molecule has 2 heterocycles. The minimum absolute atomic E-state index is 0.902. The van der Waals surface area contributed by atoms with Crippen LogP contribution in [-0.4, -0.2) is 47.3 Å². The second-order valence-electron chi connectivity index (χ2n) is 6.82. The van der Waals surface area contributed by atoms with Crippen LogP contribution in [0.4, 0.5) is 0 Å². The van der Waals surface area contributed by atoms with Crippen LogP contribution in [0.2, 0.25) is 0 Å². The van der Waals surface area contributed by atoms with E-state index in [1.807, 2.05) is 17.9 Å². The van der Waals surface area contributed by atoms with Crippen LogP contribution in [-0.2, 0) is 6.54 Å². The Kier molecular flexibility index (Phi) is 5.01. The highest BCUT2D eigenvalue weighted by Gasteiger charge is 2.35. The molecule has 0 spiro atoms. The van der Waals surface area contributed by atoms with Crippen LogP contribution in [0, 0.1) is 18.8 Å². The fourth-order valence-corrected chi connectivity index (χ4v) is 3.94. The Morgan fingerprint density at radius 2 is 2.05 bits per heavy atom. The molecule has 2 unspecified atom stereocenters. The number of fused-ring (bicyclic) bond motifs is 1. The molecule has 2 atom stereocenters. The summed E-state index contributed by atoms with van der Waals surface area (Å²) in [5, 5.41) is 7.86. The average molecular weight is 303 g/mol. The maximum Gasteiger partial charge on any atom is 0.193 e. The van der Waals surface area contributed by atoms with Gasteiger partial charge < -0.3 is 10.2 Å². The van der Waals surface area contributed by atoms with Gasteiger partial charge in [-0.15, -0.1) is 0 Å². The molecule has 1 aromatic heterocycles. The quantitative estimate of drug-likeness (QED) is 0.527. The lowest BCUT2D eigenvalue weighted by molar-refractivity contribution is 0.299. The molecule has 0 aromatic carbocycles. The van der Waals surface area contributed by atoms with Crippen LogP contribution in [0.1, 0.15) is 37.7 Å². The monoisotopic (exact) mass is 303 g/mol. The molecule has 5 heteroatoms. The maximum absolute atomic E-state index is 4.49. The maximum atomic E-state index is 4.49. The second kappa shape index (κ2) is 7.16. The number of likely N-dealkylation sites (tertiary alicyclic amines) is 1. The Balaban J connectivity index is 1.42. The van der Waals surface area contributed by atoms with Gasteiger partial charge in [-0.1, -0.05) is 12.8 Å². The van der Waals surface area contributed by atoms with E-state index in [9.17, 15) is 0 Å². The number of rotatable bonds is 4. The van der Waals surface area contributed by atoms with Crippen LogP contribution in [0.3, 0.4) is 0 Å². The van der Waals surface area contributed by atoms with E-state index >= 15 is 0 Å². The molecule has 1 saturated carbocycles. The molecular weight excluding hydrogens is 274 g/mol. The minimum Gasteiger partial charge on any atom is -0.356 e. The highest BCUT2D eigenvalue weighted by Crippen LogP contribution is 2.35. The number of aryl methyl sites for hydroxylation is 2. The van der Waals surface area contributed by atoms with Crippen molar-refractivity contribution in [2.75, 3.05) is 26.7 Å². The van der Waals surface area contributed by atoms with E-state index in [-0.39, 0.29) is 0 Å². The van der Waals surface area contributed by atoms with Crippen molar-refractivity contribution in [2.24, 2.45) is 16.8 Å². The first-order valence-electron chi connectivity index (χ1n) is 8.71. The summed E-state index contributed by atoms with van der Waals surface area (Å²) in [4.78, 5) is 6.96. The fourth-order valence-electron chi connectivity index (χ4n) is 3.94. The highest BCUT2D eigenvalue weighted by molar-refractivity contribution is 5.80. The predicted octanol–water partition coefficient (Wildman–Crippen LogP) is 2.28. The van der Waals surface area contributed by atoms with Crippen molar-refractivity contribution in [3.63, 3.8) is 0 Å². The van der Waals surface area contributed by atoms with Crippen molar-refractivity contribution in [3.8, 4) is 0 Å². The lowest BCUT2D eigenvalue weighted by atomic mass is 9.82.